The lowest BCUT2D eigenvalue weighted by Crippen LogP contribution is -2.04. The van der Waals surface area contributed by atoms with Crippen molar-refractivity contribution in [1.29, 1.82) is 0 Å². The van der Waals surface area contributed by atoms with Gasteiger partial charge in [0.15, 0.2) is 12.4 Å². The van der Waals surface area contributed by atoms with Crippen molar-refractivity contribution in [2.45, 2.75) is 6.04 Å². The number of aliphatic imine (C=N–C) groups is 1. The Morgan fingerprint density at radius 3 is 3.09 bits per heavy atom. The first kappa shape index (κ1) is 6.54. The molecule has 0 N–H and O–H groups in total. The number of rotatable bonds is 1. The summed E-state index contributed by atoms with van der Waals surface area (Å²) in [5.41, 5.74) is 0. The maximum Gasteiger partial charge on any atom is 0.342 e. The van der Waals surface area contributed by atoms with Crippen LogP contribution in [0.3, 0.4) is 0 Å². The van der Waals surface area contributed by atoms with E-state index in [1.165, 1.54) is 17.7 Å². The first-order chi connectivity index (χ1) is 5.38. The average Bonchev–Trinajstić information content (AvgIpc) is 2.55. The molecule has 1 aliphatic heterocycles. The lowest BCUT2D eigenvalue weighted by atomic mass is 10.3. The minimum atomic E-state index is -0.407. The molecule has 4 heteroatoms. The van der Waals surface area contributed by atoms with Crippen molar-refractivity contribution in [2.24, 2.45) is 4.99 Å². The maximum absolute atomic E-state index is 10.9. The summed E-state index contributed by atoms with van der Waals surface area (Å²) in [5, 5.41) is 1.91. The van der Waals surface area contributed by atoms with Crippen LogP contribution in [0.15, 0.2) is 22.5 Å². The zero-order valence-electron chi connectivity index (χ0n) is 5.56. The SMILES string of the molecule is O=C1OC=NC1c1cccs1. The van der Waals surface area contributed by atoms with E-state index in [0.29, 0.717) is 0 Å². The Bertz CT molecular complexity index is 291. The van der Waals surface area contributed by atoms with Crippen LogP contribution in [-0.4, -0.2) is 12.4 Å². The number of carbonyl (C=O) groups is 1. The number of esters is 1. The maximum atomic E-state index is 10.9. The molecule has 1 aromatic heterocycles. The van der Waals surface area contributed by atoms with Crippen molar-refractivity contribution in [3.63, 3.8) is 0 Å². The third kappa shape index (κ3) is 1.05. The molecule has 2 rings (SSSR count). The summed E-state index contributed by atoms with van der Waals surface area (Å²) >= 11 is 1.51. The molecule has 0 aliphatic carbocycles. The van der Waals surface area contributed by atoms with Crippen molar-refractivity contribution in [2.75, 3.05) is 0 Å². The number of cyclic esters (lactones) is 1. The molecule has 0 amide bonds. The van der Waals surface area contributed by atoms with E-state index >= 15 is 0 Å². The molecule has 1 unspecified atom stereocenters. The summed E-state index contributed by atoms with van der Waals surface area (Å²) in [5.74, 6) is -0.285. The minimum absolute atomic E-state index is 0.285. The lowest BCUT2D eigenvalue weighted by Gasteiger charge is -1.97. The number of nitrogens with zero attached hydrogens (tertiary/aromatic N) is 1. The molecule has 11 heavy (non-hydrogen) atoms. The third-order valence-corrected chi connectivity index (χ3v) is 2.34. The van der Waals surface area contributed by atoms with Gasteiger partial charge in [-0.3, -0.25) is 0 Å². The Morgan fingerprint density at radius 2 is 2.55 bits per heavy atom. The topological polar surface area (TPSA) is 38.7 Å². The molecule has 0 saturated carbocycles. The first-order valence-electron chi connectivity index (χ1n) is 3.13. The van der Waals surface area contributed by atoms with Crippen LogP contribution >= 0.6 is 11.3 Å². The van der Waals surface area contributed by atoms with Gasteiger partial charge in [-0.1, -0.05) is 6.07 Å². The molecule has 2 heterocycles. The van der Waals surface area contributed by atoms with Gasteiger partial charge in [0.05, 0.1) is 0 Å². The number of hydrogen-bond acceptors (Lipinski definition) is 4. The van der Waals surface area contributed by atoms with Gasteiger partial charge in [0.2, 0.25) is 0 Å². The van der Waals surface area contributed by atoms with Crippen LogP contribution in [0.2, 0.25) is 0 Å². The van der Waals surface area contributed by atoms with Crippen molar-refractivity contribution >= 4 is 23.7 Å². The van der Waals surface area contributed by atoms with E-state index in [2.05, 4.69) is 9.73 Å². The van der Waals surface area contributed by atoms with Gasteiger partial charge >= 0.3 is 5.97 Å². The van der Waals surface area contributed by atoms with Crippen LogP contribution in [0, 0.1) is 0 Å². The van der Waals surface area contributed by atoms with Gasteiger partial charge < -0.3 is 4.74 Å². The molecule has 3 nitrogen and oxygen atoms in total. The monoisotopic (exact) mass is 167 g/mol. The second kappa shape index (κ2) is 2.47. The molecule has 1 atom stereocenters. The molecule has 0 saturated heterocycles. The van der Waals surface area contributed by atoms with Gasteiger partial charge in [0.25, 0.3) is 0 Å². The van der Waals surface area contributed by atoms with E-state index in [1.807, 2.05) is 17.5 Å². The molecule has 0 fully saturated rings. The molecular formula is C7H5NO2S. The van der Waals surface area contributed by atoms with Gasteiger partial charge in [0, 0.05) is 4.88 Å². The standard InChI is InChI=1S/C7H5NO2S/c9-7-6(8-4-10-7)5-2-1-3-11-5/h1-4,6H. The predicted octanol–water partition coefficient (Wildman–Crippen LogP) is 1.37. The van der Waals surface area contributed by atoms with Crippen LogP contribution in [0.5, 0.6) is 0 Å². The fourth-order valence-electron chi connectivity index (χ4n) is 0.905. The van der Waals surface area contributed by atoms with Gasteiger partial charge in [-0.15, -0.1) is 11.3 Å². The highest BCUT2D eigenvalue weighted by Crippen LogP contribution is 2.25. The van der Waals surface area contributed by atoms with Crippen LogP contribution < -0.4 is 0 Å². The van der Waals surface area contributed by atoms with Crippen LogP contribution in [-0.2, 0) is 9.53 Å². The fraction of sp³-hybridized carbons (Fsp3) is 0.143. The zero-order chi connectivity index (χ0) is 7.68. The highest BCUT2D eigenvalue weighted by Gasteiger charge is 2.25. The second-order valence-corrected chi connectivity index (χ2v) is 3.09. The van der Waals surface area contributed by atoms with Crippen LogP contribution in [0.1, 0.15) is 10.9 Å². The lowest BCUT2D eigenvalue weighted by molar-refractivity contribution is -0.134. The molecular weight excluding hydrogens is 162 g/mol. The Kier molecular flexibility index (Phi) is 1.47. The highest BCUT2D eigenvalue weighted by atomic mass is 32.1. The molecule has 0 spiro atoms. The number of thiophene rings is 1. The van der Waals surface area contributed by atoms with Gasteiger partial charge in [-0.2, -0.15) is 0 Å². The van der Waals surface area contributed by atoms with E-state index < -0.39 is 6.04 Å². The van der Waals surface area contributed by atoms with Crippen molar-refractivity contribution in [1.82, 2.24) is 0 Å². The number of carbonyl (C=O) groups excluding carboxylic acids is 1. The third-order valence-electron chi connectivity index (χ3n) is 1.41. The van der Waals surface area contributed by atoms with E-state index in [1.54, 1.807) is 0 Å². The Labute approximate surface area is 67.3 Å². The first-order valence-corrected chi connectivity index (χ1v) is 4.01. The van der Waals surface area contributed by atoms with Crippen molar-refractivity contribution in [3.8, 4) is 0 Å². The second-order valence-electron chi connectivity index (χ2n) is 2.11. The Morgan fingerprint density at radius 1 is 1.64 bits per heavy atom. The molecule has 0 bridgehead atoms. The van der Waals surface area contributed by atoms with Crippen LogP contribution in [0.4, 0.5) is 0 Å². The molecule has 1 aliphatic rings. The summed E-state index contributed by atoms with van der Waals surface area (Å²) in [6.45, 7) is 0. The van der Waals surface area contributed by atoms with E-state index in [-0.39, 0.29) is 5.97 Å². The predicted molar refractivity (Wildman–Crippen MR) is 41.6 cm³/mol. The average molecular weight is 167 g/mol. The zero-order valence-corrected chi connectivity index (χ0v) is 6.38. The normalized spacial score (nSPS) is 22.2. The fourth-order valence-corrected chi connectivity index (χ4v) is 1.66. The van der Waals surface area contributed by atoms with Crippen molar-refractivity contribution in [3.05, 3.63) is 22.4 Å². The summed E-state index contributed by atoms with van der Waals surface area (Å²) in [6, 6.07) is 3.36. The van der Waals surface area contributed by atoms with Crippen LogP contribution in [0.25, 0.3) is 0 Å². The number of hydrogen-bond donors (Lipinski definition) is 0. The quantitative estimate of drug-likeness (QED) is 0.592. The molecule has 56 valence electrons. The summed E-state index contributed by atoms with van der Waals surface area (Å²) in [7, 11) is 0. The van der Waals surface area contributed by atoms with E-state index in [9.17, 15) is 4.79 Å². The van der Waals surface area contributed by atoms with E-state index in [4.69, 9.17) is 0 Å². The summed E-state index contributed by atoms with van der Waals surface area (Å²) < 4.78 is 4.57. The molecule has 1 aromatic rings. The Hall–Kier alpha value is -1.16. The van der Waals surface area contributed by atoms with E-state index in [0.717, 1.165) is 4.88 Å². The number of ether oxygens (including phenoxy) is 1. The summed E-state index contributed by atoms with van der Waals surface area (Å²) in [6.07, 6.45) is 1.20. The van der Waals surface area contributed by atoms with Crippen molar-refractivity contribution < 1.29 is 9.53 Å². The largest absolute Gasteiger partial charge is 0.413 e. The molecule has 0 radical (unpaired) electrons. The van der Waals surface area contributed by atoms with Gasteiger partial charge in [0.1, 0.15) is 0 Å². The molecule has 0 aromatic carbocycles. The van der Waals surface area contributed by atoms with Gasteiger partial charge in [-0.25, -0.2) is 9.79 Å². The minimum Gasteiger partial charge on any atom is -0.413 e. The van der Waals surface area contributed by atoms with Gasteiger partial charge in [-0.05, 0) is 11.4 Å². The smallest absolute Gasteiger partial charge is 0.342 e. The highest BCUT2D eigenvalue weighted by molar-refractivity contribution is 7.10. The summed E-state index contributed by atoms with van der Waals surface area (Å²) in [4.78, 5) is 15.7. The Balaban J connectivity index is 2.30.